The van der Waals surface area contributed by atoms with Gasteiger partial charge in [-0.05, 0) is 24.4 Å². The molecule has 2 aromatic rings. The lowest BCUT2D eigenvalue weighted by Gasteiger charge is -2.18. The molecule has 1 unspecified atom stereocenters. The third kappa shape index (κ3) is 3.42. The van der Waals surface area contributed by atoms with Crippen LogP contribution in [0.3, 0.4) is 0 Å². The van der Waals surface area contributed by atoms with E-state index in [1.165, 1.54) is 4.88 Å². The zero-order chi connectivity index (χ0) is 15.4. The molecule has 0 aliphatic carbocycles. The molecule has 0 aromatic carbocycles. The fourth-order valence-corrected chi connectivity index (χ4v) is 3.78. The van der Waals surface area contributed by atoms with Crippen molar-refractivity contribution in [1.82, 2.24) is 15.1 Å². The first-order valence-electron chi connectivity index (χ1n) is 7.17. The zero-order valence-electron chi connectivity index (χ0n) is 12.9. The number of ether oxygens (including phenoxy) is 1. The van der Waals surface area contributed by atoms with Crippen LogP contribution in [0.25, 0.3) is 0 Å². The van der Waals surface area contributed by atoms with E-state index >= 15 is 0 Å². The highest BCUT2D eigenvalue weighted by Crippen LogP contribution is 2.34. The molecule has 6 heteroatoms. The molecule has 116 valence electrons. The first-order chi connectivity index (χ1) is 10.1. The summed E-state index contributed by atoms with van der Waals surface area (Å²) in [6.45, 7) is 5.07. The molecule has 0 radical (unpaired) electrons. The van der Waals surface area contributed by atoms with Crippen molar-refractivity contribution in [3.05, 3.63) is 32.7 Å². The van der Waals surface area contributed by atoms with Crippen molar-refractivity contribution in [1.29, 1.82) is 0 Å². The van der Waals surface area contributed by atoms with E-state index < -0.39 is 0 Å². The third-order valence-electron chi connectivity index (χ3n) is 3.54. The molecule has 0 aliphatic heterocycles. The maximum Gasteiger partial charge on any atom is 0.134 e. The fraction of sp³-hybridized carbons (Fsp3) is 0.533. The lowest BCUT2D eigenvalue weighted by atomic mass is 10.1. The van der Waals surface area contributed by atoms with Crippen LogP contribution in [-0.2, 0) is 19.9 Å². The normalized spacial score (nSPS) is 12.6. The summed E-state index contributed by atoms with van der Waals surface area (Å²) in [5, 5.41) is 10.9. The number of halogens is 1. The molecule has 2 heterocycles. The third-order valence-corrected chi connectivity index (χ3v) is 4.99. The van der Waals surface area contributed by atoms with Crippen LogP contribution >= 0.6 is 22.9 Å². The van der Waals surface area contributed by atoms with Gasteiger partial charge in [-0.25, -0.2) is 0 Å². The van der Waals surface area contributed by atoms with Crippen LogP contribution in [0.5, 0.6) is 5.75 Å². The van der Waals surface area contributed by atoms with E-state index in [9.17, 15) is 0 Å². The van der Waals surface area contributed by atoms with Gasteiger partial charge in [0.05, 0.1) is 34.4 Å². The van der Waals surface area contributed by atoms with Crippen LogP contribution in [0, 0.1) is 0 Å². The Labute approximate surface area is 135 Å². The van der Waals surface area contributed by atoms with Gasteiger partial charge < -0.3 is 10.1 Å². The number of hydrogen-bond acceptors (Lipinski definition) is 4. The Bertz CT molecular complexity index is 594. The molecule has 21 heavy (non-hydrogen) atoms. The summed E-state index contributed by atoms with van der Waals surface area (Å²) in [6.07, 6.45) is 1.65. The van der Waals surface area contributed by atoms with E-state index in [1.54, 1.807) is 18.4 Å². The highest BCUT2D eigenvalue weighted by molar-refractivity contribution is 7.10. The van der Waals surface area contributed by atoms with Crippen molar-refractivity contribution in [3.8, 4) is 5.75 Å². The summed E-state index contributed by atoms with van der Waals surface area (Å²) in [5.41, 5.74) is 2.03. The standard InChI is InChI=1S/C15H22ClN3OS/c1-5-10-14(16)12(19(3)18-10)9-11(17-6-2)15-13(20-4)7-8-21-15/h7-8,11,17H,5-6,9H2,1-4H3. The monoisotopic (exact) mass is 327 g/mol. The average Bonchev–Trinajstić information content (AvgIpc) is 3.05. The quantitative estimate of drug-likeness (QED) is 0.844. The van der Waals surface area contributed by atoms with E-state index in [2.05, 4.69) is 29.6 Å². The van der Waals surface area contributed by atoms with Gasteiger partial charge in [0.2, 0.25) is 0 Å². The van der Waals surface area contributed by atoms with Gasteiger partial charge in [-0.3, -0.25) is 4.68 Å². The summed E-state index contributed by atoms with van der Waals surface area (Å²) in [5.74, 6) is 0.931. The number of rotatable bonds is 7. The van der Waals surface area contributed by atoms with E-state index in [0.29, 0.717) is 0 Å². The summed E-state index contributed by atoms with van der Waals surface area (Å²) in [4.78, 5) is 1.20. The summed E-state index contributed by atoms with van der Waals surface area (Å²) < 4.78 is 7.35. The first kappa shape index (κ1) is 16.3. The van der Waals surface area contributed by atoms with Gasteiger partial charge in [-0.2, -0.15) is 5.10 Å². The van der Waals surface area contributed by atoms with E-state index in [1.807, 2.05) is 17.8 Å². The van der Waals surface area contributed by atoms with Gasteiger partial charge in [0.15, 0.2) is 0 Å². The minimum absolute atomic E-state index is 0.183. The van der Waals surface area contributed by atoms with Crippen molar-refractivity contribution < 1.29 is 4.74 Å². The molecule has 1 atom stereocenters. The Hall–Kier alpha value is -1.04. The highest BCUT2D eigenvalue weighted by Gasteiger charge is 2.22. The second-order valence-electron chi connectivity index (χ2n) is 4.85. The van der Waals surface area contributed by atoms with Crippen molar-refractivity contribution in [2.24, 2.45) is 7.05 Å². The topological polar surface area (TPSA) is 39.1 Å². The number of thiophene rings is 1. The largest absolute Gasteiger partial charge is 0.496 e. The molecule has 4 nitrogen and oxygen atoms in total. The molecule has 0 amide bonds. The molecule has 0 bridgehead atoms. The molecule has 2 rings (SSSR count). The summed E-state index contributed by atoms with van der Waals surface area (Å²) in [7, 11) is 3.66. The zero-order valence-corrected chi connectivity index (χ0v) is 14.5. The minimum Gasteiger partial charge on any atom is -0.496 e. The smallest absolute Gasteiger partial charge is 0.134 e. The van der Waals surface area contributed by atoms with Crippen LogP contribution in [-0.4, -0.2) is 23.4 Å². The second-order valence-corrected chi connectivity index (χ2v) is 6.18. The van der Waals surface area contributed by atoms with Gasteiger partial charge in [0.1, 0.15) is 5.75 Å². The number of likely N-dealkylation sites (N-methyl/N-ethyl adjacent to an activating group) is 1. The van der Waals surface area contributed by atoms with Crippen LogP contribution in [0.1, 0.15) is 36.2 Å². The number of aryl methyl sites for hydroxylation is 2. The van der Waals surface area contributed by atoms with Gasteiger partial charge >= 0.3 is 0 Å². The van der Waals surface area contributed by atoms with Crippen LogP contribution < -0.4 is 10.1 Å². The molecular formula is C15H22ClN3OS. The van der Waals surface area contributed by atoms with Crippen molar-refractivity contribution in [3.63, 3.8) is 0 Å². The molecular weight excluding hydrogens is 306 g/mol. The molecule has 0 spiro atoms. The van der Waals surface area contributed by atoms with E-state index in [4.69, 9.17) is 16.3 Å². The first-order valence-corrected chi connectivity index (χ1v) is 8.43. The average molecular weight is 328 g/mol. The predicted octanol–water partition coefficient (Wildman–Crippen LogP) is 3.60. The molecule has 0 fully saturated rings. The Morgan fingerprint density at radius 3 is 2.81 bits per heavy atom. The van der Waals surface area contributed by atoms with Crippen LogP contribution in [0.2, 0.25) is 5.02 Å². The Morgan fingerprint density at radius 2 is 2.24 bits per heavy atom. The Kier molecular flexibility index (Phi) is 5.67. The van der Waals surface area contributed by atoms with Crippen molar-refractivity contribution in [2.75, 3.05) is 13.7 Å². The Morgan fingerprint density at radius 1 is 1.48 bits per heavy atom. The minimum atomic E-state index is 0.183. The summed E-state index contributed by atoms with van der Waals surface area (Å²) in [6, 6.07) is 2.19. The van der Waals surface area contributed by atoms with Gasteiger partial charge in [-0.15, -0.1) is 11.3 Å². The second kappa shape index (κ2) is 7.29. The maximum atomic E-state index is 6.47. The van der Waals surface area contributed by atoms with E-state index in [0.717, 1.165) is 41.5 Å². The Balaban J connectivity index is 2.31. The molecule has 2 aromatic heterocycles. The number of nitrogens with one attached hydrogen (secondary N) is 1. The number of methoxy groups -OCH3 is 1. The molecule has 0 saturated carbocycles. The SMILES string of the molecule is CCNC(Cc1c(Cl)c(CC)nn1C)c1sccc1OC. The molecule has 1 N–H and O–H groups in total. The lowest BCUT2D eigenvalue weighted by Crippen LogP contribution is -2.23. The fourth-order valence-electron chi connectivity index (χ4n) is 2.47. The highest BCUT2D eigenvalue weighted by atomic mass is 35.5. The van der Waals surface area contributed by atoms with Gasteiger partial charge in [-0.1, -0.05) is 25.4 Å². The maximum absolute atomic E-state index is 6.47. The van der Waals surface area contributed by atoms with Crippen molar-refractivity contribution in [2.45, 2.75) is 32.7 Å². The van der Waals surface area contributed by atoms with Crippen LogP contribution in [0.4, 0.5) is 0 Å². The van der Waals surface area contributed by atoms with E-state index in [-0.39, 0.29) is 6.04 Å². The molecule has 0 saturated heterocycles. The predicted molar refractivity (Wildman–Crippen MR) is 88.6 cm³/mol. The molecule has 0 aliphatic rings. The van der Waals surface area contributed by atoms with Gasteiger partial charge in [0, 0.05) is 13.5 Å². The van der Waals surface area contributed by atoms with Crippen LogP contribution in [0.15, 0.2) is 11.4 Å². The van der Waals surface area contributed by atoms with Crippen molar-refractivity contribution >= 4 is 22.9 Å². The van der Waals surface area contributed by atoms with Gasteiger partial charge in [0.25, 0.3) is 0 Å². The number of hydrogen-bond donors (Lipinski definition) is 1. The number of nitrogens with zero attached hydrogens (tertiary/aromatic N) is 2. The summed E-state index contributed by atoms with van der Waals surface area (Å²) >= 11 is 8.18. The number of aromatic nitrogens is 2. The lowest BCUT2D eigenvalue weighted by molar-refractivity contribution is 0.402.